The second-order valence-electron chi connectivity index (χ2n) is 5.93. The molecule has 0 saturated heterocycles. The highest BCUT2D eigenvalue weighted by molar-refractivity contribution is 6.33. The van der Waals surface area contributed by atoms with Gasteiger partial charge in [0.05, 0.1) is 31.9 Å². The molecule has 0 aliphatic rings. The zero-order valence-electron chi connectivity index (χ0n) is 16.1. The Morgan fingerprint density at radius 1 is 1.14 bits per heavy atom. The van der Waals surface area contributed by atoms with E-state index in [-0.39, 0.29) is 27.6 Å². The Bertz CT molecular complexity index is 1020. The summed E-state index contributed by atoms with van der Waals surface area (Å²) >= 11 is 6.12. The molecule has 1 amide bonds. The molecule has 0 unspecified atom stereocenters. The number of carbonyl (C=O) groups is 1. The number of nitrogens with zero attached hydrogens (tertiary/aromatic N) is 1. The SMILES string of the molecule is COc1cc(NC(=O)c2c(-c3c(F)cccc3Cl)noc2C)cc(OC)c1OC. The molecule has 0 atom stereocenters. The van der Waals surface area contributed by atoms with E-state index in [1.165, 1.54) is 39.5 Å². The number of rotatable bonds is 6. The van der Waals surface area contributed by atoms with Gasteiger partial charge >= 0.3 is 0 Å². The Balaban J connectivity index is 2.03. The van der Waals surface area contributed by atoms with Crippen LogP contribution in [0.1, 0.15) is 16.1 Å². The highest BCUT2D eigenvalue weighted by Crippen LogP contribution is 2.40. The van der Waals surface area contributed by atoms with Gasteiger partial charge in [-0.3, -0.25) is 4.79 Å². The summed E-state index contributed by atoms with van der Waals surface area (Å²) in [6.07, 6.45) is 0. The molecule has 0 aliphatic carbocycles. The normalized spacial score (nSPS) is 10.6. The molecule has 0 radical (unpaired) electrons. The molecular formula is C20H18ClFN2O5. The summed E-state index contributed by atoms with van der Waals surface area (Å²) in [6, 6.07) is 7.33. The number of halogens is 2. The highest BCUT2D eigenvalue weighted by Gasteiger charge is 2.26. The van der Waals surface area contributed by atoms with Gasteiger partial charge in [0.1, 0.15) is 22.8 Å². The smallest absolute Gasteiger partial charge is 0.261 e. The van der Waals surface area contributed by atoms with Crippen LogP contribution in [0.3, 0.4) is 0 Å². The van der Waals surface area contributed by atoms with Gasteiger partial charge in [0.2, 0.25) is 5.75 Å². The Hall–Kier alpha value is -3.26. The predicted octanol–water partition coefficient (Wildman–Crippen LogP) is 4.72. The number of methoxy groups -OCH3 is 3. The van der Waals surface area contributed by atoms with Gasteiger partial charge in [-0.1, -0.05) is 22.8 Å². The second kappa shape index (κ2) is 8.40. The topological polar surface area (TPSA) is 82.8 Å². The first-order valence-electron chi connectivity index (χ1n) is 8.43. The third-order valence-corrected chi connectivity index (χ3v) is 4.53. The fourth-order valence-electron chi connectivity index (χ4n) is 2.88. The molecule has 1 heterocycles. The fourth-order valence-corrected chi connectivity index (χ4v) is 3.13. The molecule has 1 N–H and O–H groups in total. The van der Waals surface area contributed by atoms with Crippen molar-refractivity contribution in [3.8, 4) is 28.5 Å². The summed E-state index contributed by atoms with van der Waals surface area (Å²) in [4.78, 5) is 13.0. The van der Waals surface area contributed by atoms with E-state index in [1.54, 1.807) is 19.1 Å². The van der Waals surface area contributed by atoms with Crippen molar-refractivity contribution in [2.45, 2.75) is 6.92 Å². The van der Waals surface area contributed by atoms with Gasteiger partial charge in [-0.2, -0.15) is 0 Å². The molecule has 0 aliphatic heterocycles. The largest absolute Gasteiger partial charge is 0.493 e. The zero-order valence-corrected chi connectivity index (χ0v) is 16.9. The van der Waals surface area contributed by atoms with Crippen LogP contribution in [0.5, 0.6) is 17.2 Å². The van der Waals surface area contributed by atoms with Crippen molar-refractivity contribution in [3.63, 3.8) is 0 Å². The van der Waals surface area contributed by atoms with Crippen molar-refractivity contribution in [3.05, 3.63) is 52.5 Å². The molecule has 3 rings (SSSR count). The number of ether oxygens (including phenoxy) is 3. The minimum Gasteiger partial charge on any atom is -0.493 e. The molecule has 3 aromatic rings. The molecular weight excluding hydrogens is 403 g/mol. The Morgan fingerprint density at radius 2 is 1.79 bits per heavy atom. The lowest BCUT2D eigenvalue weighted by atomic mass is 10.0. The monoisotopic (exact) mass is 420 g/mol. The van der Waals surface area contributed by atoms with Crippen LogP contribution >= 0.6 is 11.6 Å². The molecule has 0 spiro atoms. The maximum absolute atomic E-state index is 14.4. The van der Waals surface area contributed by atoms with Crippen LogP contribution in [0, 0.1) is 12.7 Å². The lowest BCUT2D eigenvalue weighted by Crippen LogP contribution is -2.14. The molecule has 1 aromatic heterocycles. The number of hydrogen-bond acceptors (Lipinski definition) is 6. The molecule has 152 valence electrons. The maximum atomic E-state index is 14.4. The number of benzene rings is 2. The number of aryl methyl sites for hydroxylation is 1. The van der Waals surface area contributed by atoms with Gasteiger partial charge in [0.25, 0.3) is 5.91 Å². The third kappa shape index (κ3) is 3.84. The van der Waals surface area contributed by atoms with Gasteiger partial charge in [0.15, 0.2) is 11.5 Å². The predicted molar refractivity (Wildman–Crippen MR) is 106 cm³/mol. The van der Waals surface area contributed by atoms with E-state index in [4.69, 9.17) is 30.3 Å². The van der Waals surface area contributed by atoms with Crippen molar-refractivity contribution in [1.29, 1.82) is 0 Å². The van der Waals surface area contributed by atoms with Gasteiger partial charge in [-0.15, -0.1) is 0 Å². The molecule has 9 heteroatoms. The number of hydrogen-bond donors (Lipinski definition) is 1. The maximum Gasteiger partial charge on any atom is 0.261 e. The number of amides is 1. The van der Waals surface area contributed by atoms with Crippen LogP contribution in [0.15, 0.2) is 34.9 Å². The lowest BCUT2D eigenvalue weighted by molar-refractivity contribution is 0.102. The molecule has 0 bridgehead atoms. The average molecular weight is 421 g/mol. The summed E-state index contributed by atoms with van der Waals surface area (Å²) in [5, 5.41) is 6.66. The summed E-state index contributed by atoms with van der Waals surface area (Å²) in [5.41, 5.74) is 0.429. The average Bonchev–Trinajstić information content (AvgIpc) is 3.08. The first kappa shape index (κ1) is 20.5. The van der Waals surface area contributed by atoms with Gasteiger partial charge < -0.3 is 24.1 Å². The first-order valence-corrected chi connectivity index (χ1v) is 8.81. The third-order valence-electron chi connectivity index (χ3n) is 4.21. The van der Waals surface area contributed by atoms with Crippen molar-refractivity contribution in [2.24, 2.45) is 0 Å². The van der Waals surface area contributed by atoms with E-state index in [0.29, 0.717) is 22.9 Å². The van der Waals surface area contributed by atoms with Crippen LogP contribution in [0.2, 0.25) is 5.02 Å². The highest BCUT2D eigenvalue weighted by atomic mass is 35.5. The molecule has 7 nitrogen and oxygen atoms in total. The summed E-state index contributed by atoms with van der Waals surface area (Å²) in [6.45, 7) is 1.55. The van der Waals surface area contributed by atoms with E-state index in [2.05, 4.69) is 10.5 Å². The van der Waals surface area contributed by atoms with Gasteiger partial charge in [-0.25, -0.2) is 4.39 Å². The Morgan fingerprint density at radius 3 is 2.34 bits per heavy atom. The zero-order chi connectivity index (χ0) is 21.1. The van der Waals surface area contributed by atoms with E-state index in [9.17, 15) is 9.18 Å². The number of carbonyl (C=O) groups excluding carboxylic acids is 1. The van der Waals surface area contributed by atoms with Crippen molar-refractivity contribution < 1.29 is 27.9 Å². The minimum absolute atomic E-state index is 0.00976. The summed E-state index contributed by atoms with van der Waals surface area (Å²) < 4.78 is 35.3. The quantitative estimate of drug-likeness (QED) is 0.621. The van der Waals surface area contributed by atoms with Crippen molar-refractivity contribution >= 4 is 23.2 Å². The summed E-state index contributed by atoms with van der Waals surface area (Å²) in [5.74, 6) is 0.139. The Labute approximate surface area is 171 Å². The minimum atomic E-state index is -0.618. The first-order chi connectivity index (χ1) is 13.9. The molecule has 2 aromatic carbocycles. The van der Waals surface area contributed by atoms with Crippen LogP contribution < -0.4 is 19.5 Å². The van der Waals surface area contributed by atoms with Gasteiger partial charge in [0, 0.05) is 17.8 Å². The standard InChI is InChI=1S/C20H18ClFN2O5/c1-10-16(18(24-29-10)17-12(21)6-5-7-13(17)22)20(25)23-11-8-14(26-2)19(28-4)15(9-11)27-3/h5-9H,1-4H3,(H,23,25). The van der Waals surface area contributed by atoms with E-state index >= 15 is 0 Å². The number of aromatic nitrogens is 1. The molecule has 29 heavy (non-hydrogen) atoms. The second-order valence-corrected chi connectivity index (χ2v) is 6.33. The van der Waals surface area contributed by atoms with Crippen LogP contribution in [0.4, 0.5) is 10.1 Å². The van der Waals surface area contributed by atoms with E-state index in [0.717, 1.165) is 0 Å². The Kier molecular flexibility index (Phi) is 5.93. The van der Waals surface area contributed by atoms with Crippen LogP contribution in [0.25, 0.3) is 11.3 Å². The van der Waals surface area contributed by atoms with Crippen LogP contribution in [-0.4, -0.2) is 32.4 Å². The molecule has 0 saturated carbocycles. The number of nitrogens with one attached hydrogen (secondary N) is 1. The van der Waals surface area contributed by atoms with E-state index in [1.807, 2.05) is 0 Å². The van der Waals surface area contributed by atoms with Gasteiger partial charge in [-0.05, 0) is 19.1 Å². The van der Waals surface area contributed by atoms with Crippen LogP contribution in [-0.2, 0) is 0 Å². The lowest BCUT2D eigenvalue weighted by Gasteiger charge is -2.14. The fraction of sp³-hybridized carbons (Fsp3) is 0.200. The van der Waals surface area contributed by atoms with Crippen molar-refractivity contribution in [2.75, 3.05) is 26.6 Å². The van der Waals surface area contributed by atoms with E-state index < -0.39 is 11.7 Å². The molecule has 0 fully saturated rings. The van der Waals surface area contributed by atoms with Crippen molar-refractivity contribution in [1.82, 2.24) is 5.16 Å². The summed E-state index contributed by atoms with van der Waals surface area (Å²) in [7, 11) is 4.40. The number of anilines is 1.